The van der Waals surface area contributed by atoms with Gasteiger partial charge in [0.15, 0.2) is 0 Å². The normalized spacial score (nSPS) is 12.0. The van der Waals surface area contributed by atoms with Gasteiger partial charge in [-0.2, -0.15) is 0 Å². The lowest BCUT2D eigenvalue weighted by Crippen LogP contribution is -2.32. The third kappa shape index (κ3) is 3.08. The van der Waals surface area contributed by atoms with E-state index in [1.807, 2.05) is 37.3 Å². The van der Waals surface area contributed by atoms with Crippen molar-refractivity contribution in [2.24, 2.45) is 0 Å². The molecule has 1 N–H and O–H groups in total. The number of pyridine rings is 1. The maximum Gasteiger partial charge on any atom is 0.256 e. The van der Waals surface area contributed by atoms with Gasteiger partial charge < -0.3 is 14.6 Å². The van der Waals surface area contributed by atoms with Crippen LogP contribution < -0.4 is 10.3 Å². The van der Waals surface area contributed by atoms with Gasteiger partial charge in [0.25, 0.3) is 11.5 Å². The van der Waals surface area contributed by atoms with Crippen molar-refractivity contribution in [3.63, 3.8) is 0 Å². The van der Waals surface area contributed by atoms with Crippen molar-refractivity contribution >= 4 is 16.7 Å². The van der Waals surface area contributed by atoms with Crippen LogP contribution in [0.5, 0.6) is 5.75 Å². The van der Waals surface area contributed by atoms with Gasteiger partial charge in [0.05, 0.1) is 18.7 Å². The Balaban J connectivity index is 2.04. The number of aromatic amines is 1. The standard InChI is InChI=1S/C21H22N2O3/c1-4-18(16-11-7-8-12-19(16)26-3)23(2)21(25)17-13-22-20(24)15-10-6-5-9-14(15)17/h5-13,18H,4H2,1-3H3,(H,22,24). The minimum atomic E-state index is -0.198. The molecule has 0 aliphatic carbocycles. The van der Waals surface area contributed by atoms with E-state index in [0.717, 1.165) is 17.7 Å². The average Bonchev–Trinajstić information content (AvgIpc) is 2.69. The number of hydrogen-bond donors (Lipinski definition) is 1. The van der Waals surface area contributed by atoms with E-state index in [0.29, 0.717) is 16.3 Å². The van der Waals surface area contributed by atoms with Crippen molar-refractivity contribution in [2.45, 2.75) is 19.4 Å². The number of fused-ring (bicyclic) bond motifs is 1. The minimum absolute atomic E-state index is 0.135. The molecule has 0 bridgehead atoms. The Morgan fingerprint density at radius 1 is 1.12 bits per heavy atom. The number of methoxy groups -OCH3 is 1. The number of H-pyrrole nitrogens is 1. The van der Waals surface area contributed by atoms with Gasteiger partial charge in [0, 0.05) is 29.6 Å². The van der Waals surface area contributed by atoms with Crippen LogP contribution in [-0.4, -0.2) is 29.9 Å². The van der Waals surface area contributed by atoms with E-state index in [-0.39, 0.29) is 17.5 Å². The van der Waals surface area contributed by atoms with E-state index < -0.39 is 0 Å². The first kappa shape index (κ1) is 17.7. The molecule has 0 radical (unpaired) electrons. The zero-order valence-electron chi connectivity index (χ0n) is 15.2. The Morgan fingerprint density at radius 2 is 1.77 bits per heavy atom. The third-order valence-corrected chi connectivity index (χ3v) is 4.71. The molecule has 5 heteroatoms. The predicted molar refractivity (Wildman–Crippen MR) is 103 cm³/mol. The zero-order valence-corrected chi connectivity index (χ0v) is 15.2. The van der Waals surface area contributed by atoms with Gasteiger partial charge in [-0.15, -0.1) is 0 Å². The van der Waals surface area contributed by atoms with Crippen molar-refractivity contribution < 1.29 is 9.53 Å². The maximum atomic E-state index is 13.2. The Labute approximate surface area is 152 Å². The first-order chi connectivity index (χ1) is 12.6. The Hall–Kier alpha value is -3.08. The minimum Gasteiger partial charge on any atom is -0.496 e. The topological polar surface area (TPSA) is 62.4 Å². The van der Waals surface area contributed by atoms with Crippen molar-refractivity contribution in [1.29, 1.82) is 0 Å². The van der Waals surface area contributed by atoms with Crippen molar-refractivity contribution in [3.05, 3.63) is 76.2 Å². The summed E-state index contributed by atoms with van der Waals surface area (Å²) in [5, 5.41) is 1.17. The fourth-order valence-electron chi connectivity index (χ4n) is 3.36. The number of carbonyl (C=O) groups is 1. The Morgan fingerprint density at radius 3 is 2.46 bits per heavy atom. The second kappa shape index (κ2) is 7.44. The molecule has 0 saturated heterocycles. The molecule has 1 atom stereocenters. The second-order valence-corrected chi connectivity index (χ2v) is 6.16. The summed E-state index contributed by atoms with van der Waals surface area (Å²) in [6.45, 7) is 2.03. The second-order valence-electron chi connectivity index (χ2n) is 6.16. The van der Waals surface area contributed by atoms with Crippen LogP contribution in [0.2, 0.25) is 0 Å². The van der Waals surface area contributed by atoms with E-state index in [9.17, 15) is 9.59 Å². The molecule has 0 aliphatic rings. The van der Waals surface area contributed by atoms with Gasteiger partial charge in [-0.1, -0.05) is 43.3 Å². The largest absolute Gasteiger partial charge is 0.496 e. The fourth-order valence-corrected chi connectivity index (χ4v) is 3.36. The molecule has 26 heavy (non-hydrogen) atoms. The summed E-state index contributed by atoms with van der Waals surface area (Å²) >= 11 is 0. The maximum absolute atomic E-state index is 13.2. The average molecular weight is 350 g/mol. The molecular weight excluding hydrogens is 328 g/mol. The highest BCUT2D eigenvalue weighted by atomic mass is 16.5. The van der Waals surface area contributed by atoms with Crippen LogP contribution in [0.1, 0.15) is 35.3 Å². The zero-order chi connectivity index (χ0) is 18.7. The molecule has 134 valence electrons. The highest BCUT2D eigenvalue weighted by Gasteiger charge is 2.25. The third-order valence-electron chi connectivity index (χ3n) is 4.71. The Kier molecular flexibility index (Phi) is 5.07. The number of hydrogen-bond acceptors (Lipinski definition) is 3. The number of rotatable bonds is 5. The van der Waals surface area contributed by atoms with Crippen LogP contribution in [-0.2, 0) is 0 Å². The van der Waals surface area contributed by atoms with Crippen molar-refractivity contribution in [1.82, 2.24) is 9.88 Å². The Bertz CT molecular complexity index is 994. The van der Waals surface area contributed by atoms with Crippen LogP contribution in [0, 0.1) is 0 Å². The summed E-state index contributed by atoms with van der Waals surface area (Å²) in [6.07, 6.45) is 2.24. The van der Waals surface area contributed by atoms with Crippen molar-refractivity contribution in [3.8, 4) is 5.75 Å². The molecule has 1 aromatic heterocycles. The summed E-state index contributed by atoms with van der Waals surface area (Å²) in [6, 6.07) is 14.7. The summed E-state index contributed by atoms with van der Waals surface area (Å²) in [7, 11) is 3.41. The van der Waals surface area contributed by atoms with Gasteiger partial charge in [-0.05, 0) is 18.6 Å². The molecule has 2 aromatic carbocycles. The van der Waals surface area contributed by atoms with Gasteiger partial charge in [0.1, 0.15) is 5.75 Å². The van der Waals surface area contributed by atoms with Gasteiger partial charge in [-0.3, -0.25) is 9.59 Å². The molecule has 3 aromatic rings. The molecule has 1 amide bonds. The van der Waals surface area contributed by atoms with Gasteiger partial charge >= 0.3 is 0 Å². The number of nitrogens with zero attached hydrogens (tertiary/aromatic N) is 1. The molecule has 0 spiro atoms. The highest BCUT2D eigenvalue weighted by molar-refractivity contribution is 6.06. The number of amides is 1. The van der Waals surface area contributed by atoms with Crippen LogP contribution >= 0.6 is 0 Å². The van der Waals surface area contributed by atoms with E-state index in [4.69, 9.17) is 4.74 Å². The first-order valence-electron chi connectivity index (χ1n) is 8.59. The number of benzene rings is 2. The SMILES string of the molecule is CCC(c1ccccc1OC)N(C)C(=O)c1c[nH]c(=O)c2ccccc12. The lowest BCUT2D eigenvalue weighted by molar-refractivity contribution is 0.0726. The summed E-state index contributed by atoms with van der Waals surface area (Å²) in [4.78, 5) is 29.6. The van der Waals surface area contributed by atoms with Crippen LogP contribution in [0.4, 0.5) is 0 Å². The van der Waals surface area contributed by atoms with Gasteiger partial charge in [0.2, 0.25) is 0 Å². The quantitative estimate of drug-likeness (QED) is 0.762. The highest BCUT2D eigenvalue weighted by Crippen LogP contribution is 2.32. The van der Waals surface area contributed by atoms with E-state index in [1.54, 1.807) is 37.3 Å². The van der Waals surface area contributed by atoms with Gasteiger partial charge in [-0.25, -0.2) is 0 Å². The number of ether oxygens (including phenoxy) is 1. The molecule has 1 heterocycles. The number of aromatic nitrogens is 1. The molecule has 5 nitrogen and oxygen atoms in total. The lowest BCUT2D eigenvalue weighted by atomic mass is 10.00. The summed E-state index contributed by atoms with van der Waals surface area (Å²) < 4.78 is 5.46. The molecule has 3 rings (SSSR count). The molecule has 0 aliphatic heterocycles. The smallest absolute Gasteiger partial charge is 0.256 e. The first-order valence-corrected chi connectivity index (χ1v) is 8.59. The monoisotopic (exact) mass is 350 g/mol. The van der Waals surface area contributed by atoms with Crippen LogP contribution in [0.3, 0.4) is 0 Å². The van der Waals surface area contributed by atoms with Crippen molar-refractivity contribution in [2.75, 3.05) is 14.2 Å². The molecule has 0 saturated carbocycles. The number of nitrogens with one attached hydrogen (secondary N) is 1. The van der Waals surface area contributed by atoms with Crippen LogP contribution in [0.25, 0.3) is 10.8 Å². The summed E-state index contributed by atoms with van der Waals surface area (Å²) in [5.41, 5.74) is 1.25. The lowest BCUT2D eigenvalue weighted by Gasteiger charge is -2.29. The fraction of sp³-hybridized carbons (Fsp3) is 0.238. The van der Waals surface area contributed by atoms with E-state index >= 15 is 0 Å². The van der Waals surface area contributed by atoms with E-state index in [2.05, 4.69) is 4.98 Å². The van der Waals surface area contributed by atoms with Crippen LogP contribution in [0.15, 0.2) is 59.5 Å². The molecule has 0 fully saturated rings. The summed E-state index contributed by atoms with van der Waals surface area (Å²) in [5.74, 6) is 0.612. The molecular formula is C21H22N2O3. The van der Waals surface area contributed by atoms with E-state index in [1.165, 1.54) is 6.20 Å². The molecule has 1 unspecified atom stereocenters. The number of para-hydroxylation sites is 1. The number of carbonyl (C=O) groups excluding carboxylic acids is 1. The predicted octanol–water partition coefficient (Wildman–Crippen LogP) is 3.76.